The number of rotatable bonds is 7. The molecule has 0 heterocycles. The van der Waals surface area contributed by atoms with Gasteiger partial charge >= 0.3 is 0 Å². The Morgan fingerprint density at radius 1 is 0.688 bits per heavy atom. The third kappa shape index (κ3) is 4.86. The lowest BCUT2D eigenvalue weighted by molar-refractivity contribution is 0.462. The van der Waals surface area contributed by atoms with Gasteiger partial charge in [0.15, 0.2) is 6.83 Å². The largest absolute Gasteiger partial charge is 0.457 e. The first-order valence-corrected chi connectivity index (χ1v) is 13.7. The molecule has 0 aliphatic rings. The van der Waals surface area contributed by atoms with Crippen molar-refractivity contribution in [3.05, 3.63) is 108 Å². The Bertz CT molecular complexity index is 1300. The van der Waals surface area contributed by atoms with Gasteiger partial charge in [0, 0.05) is 11.4 Å². The van der Waals surface area contributed by atoms with Gasteiger partial charge in [-0.1, -0.05) is 60.9 Å². The molecule has 4 rings (SSSR count). The van der Waals surface area contributed by atoms with Crippen LogP contribution in [-0.2, 0) is 4.57 Å². The molecule has 0 spiro atoms. The van der Waals surface area contributed by atoms with Crippen LogP contribution in [-0.4, -0.2) is 6.30 Å². The first-order chi connectivity index (χ1) is 15.5. The molecular weight excluding hydrogens is 434 g/mol. The smallest absolute Gasteiger partial charge is 0.191 e. The minimum atomic E-state index is -3.02. The fourth-order valence-corrected chi connectivity index (χ4v) is 7.14. The zero-order valence-electron chi connectivity index (χ0n) is 18.1. The Labute approximate surface area is 190 Å². The van der Waals surface area contributed by atoms with E-state index in [9.17, 15) is 4.57 Å². The van der Waals surface area contributed by atoms with Gasteiger partial charge in [0.1, 0.15) is 23.0 Å². The van der Waals surface area contributed by atoms with Crippen LogP contribution in [0.5, 0.6) is 23.0 Å². The van der Waals surface area contributed by atoms with Crippen molar-refractivity contribution >= 4 is 31.6 Å². The maximum Gasteiger partial charge on any atom is 0.191 e. The number of hydrogen-bond donors (Lipinski definition) is 0. The van der Waals surface area contributed by atoms with Crippen LogP contribution in [0, 0.1) is 13.8 Å². The molecule has 0 aliphatic heterocycles. The van der Waals surface area contributed by atoms with Crippen molar-refractivity contribution in [3.63, 3.8) is 0 Å². The summed E-state index contributed by atoms with van der Waals surface area (Å²) in [6.45, 7) is 1.01. The third-order valence-corrected chi connectivity index (χ3v) is 9.96. The van der Waals surface area contributed by atoms with Crippen LogP contribution >= 0.6 is 14.7 Å². The van der Waals surface area contributed by atoms with E-state index < -0.39 is 6.83 Å². The zero-order valence-corrected chi connectivity index (χ0v) is 19.9. The molecule has 4 aromatic rings. The van der Waals surface area contributed by atoms with Crippen molar-refractivity contribution in [2.45, 2.75) is 13.8 Å². The van der Waals surface area contributed by atoms with Crippen LogP contribution in [0.15, 0.2) is 97.1 Å². The summed E-state index contributed by atoms with van der Waals surface area (Å²) in [5, 5.41) is 1.37. The lowest BCUT2D eigenvalue weighted by atomic mass is 10.2. The van der Waals surface area contributed by atoms with E-state index in [0.29, 0.717) is 30.4 Å². The van der Waals surface area contributed by atoms with E-state index in [1.807, 2.05) is 105 Å². The summed E-state index contributed by atoms with van der Waals surface area (Å²) < 4.78 is 26.5. The molecule has 4 aromatic carbocycles. The van der Waals surface area contributed by atoms with Gasteiger partial charge in [-0.15, -0.1) is 0 Å². The molecule has 0 radical (unpaired) electrons. The normalized spacial score (nSPS) is 12.8. The van der Waals surface area contributed by atoms with Crippen LogP contribution in [0.1, 0.15) is 11.1 Å². The predicted molar refractivity (Wildman–Crippen MR) is 136 cm³/mol. The lowest BCUT2D eigenvalue weighted by Crippen LogP contribution is -2.14. The topological polar surface area (TPSA) is 35.5 Å². The number of benzene rings is 4. The molecule has 0 saturated heterocycles. The summed E-state index contributed by atoms with van der Waals surface area (Å²) in [5.74, 6) is 2.53. The average Bonchev–Trinajstić information content (AvgIpc) is 2.79. The quantitative estimate of drug-likeness (QED) is 0.269. The van der Waals surface area contributed by atoms with E-state index in [0.717, 1.165) is 22.2 Å². The van der Waals surface area contributed by atoms with Crippen molar-refractivity contribution < 1.29 is 14.0 Å². The lowest BCUT2D eigenvalue weighted by Gasteiger charge is -2.19. The Hall–Kier alpha value is -3.12. The highest BCUT2D eigenvalue weighted by Gasteiger charge is 2.29. The van der Waals surface area contributed by atoms with Gasteiger partial charge in [0.05, 0.1) is 5.30 Å². The number of hydrogen-bond acceptors (Lipinski definition) is 3. The molecule has 5 heteroatoms. The fourth-order valence-electron chi connectivity index (χ4n) is 3.44. The van der Waals surface area contributed by atoms with E-state index in [1.54, 1.807) is 6.07 Å². The summed E-state index contributed by atoms with van der Waals surface area (Å²) >= 11 is 0. The summed E-state index contributed by atoms with van der Waals surface area (Å²) in [5.41, 5.74) is 2.19. The second-order valence-corrected chi connectivity index (χ2v) is 12.5. The molecule has 32 heavy (non-hydrogen) atoms. The standard InChI is InChI=1S/C27H24O3P2/c1-20-9-7-11-22(17-20)29-24-15-16-27(32(28,31-3)25-13-5-4-6-14-25)26(19-24)30-23-12-8-10-21(2)18-23/h4-19H,3H2,1-2H3. The van der Waals surface area contributed by atoms with Gasteiger partial charge in [-0.3, -0.25) is 0 Å². The monoisotopic (exact) mass is 458 g/mol. The summed E-state index contributed by atoms with van der Waals surface area (Å²) in [4.78, 5) is 0. The van der Waals surface area contributed by atoms with Crippen LogP contribution in [0.4, 0.5) is 0 Å². The minimum absolute atomic E-state index is 0.504. The molecule has 1 unspecified atom stereocenters. The van der Waals surface area contributed by atoms with E-state index in [4.69, 9.17) is 9.47 Å². The van der Waals surface area contributed by atoms with Crippen LogP contribution in [0.2, 0.25) is 0 Å². The molecule has 0 N–H and O–H groups in total. The van der Waals surface area contributed by atoms with Gasteiger partial charge in [0.25, 0.3) is 0 Å². The average molecular weight is 458 g/mol. The van der Waals surface area contributed by atoms with E-state index in [1.165, 1.54) is 0 Å². The van der Waals surface area contributed by atoms with Gasteiger partial charge < -0.3 is 14.0 Å². The van der Waals surface area contributed by atoms with Crippen molar-refractivity contribution in [1.82, 2.24) is 0 Å². The maximum atomic E-state index is 14.2. The van der Waals surface area contributed by atoms with E-state index >= 15 is 0 Å². The highest BCUT2D eigenvalue weighted by Crippen LogP contribution is 2.57. The second-order valence-electron chi connectivity index (χ2n) is 7.52. The molecule has 0 aromatic heterocycles. The van der Waals surface area contributed by atoms with E-state index in [2.05, 4.69) is 6.30 Å². The Balaban J connectivity index is 1.81. The van der Waals surface area contributed by atoms with Crippen molar-refractivity contribution in [3.8, 4) is 23.0 Å². The molecular formula is C27H24O3P2. The molecule has 0 aliphatic carbocycles. The Kier molecular flexibility index (Phi) is 6.61. The molecule has 0 amide bonds. The SMILES string of the molecule is C=PP(=O)(c1ccccc1)c1ccc(Oc2cccc(C)c2)cc1Oc1cccc(C)c1. The summed E-state index contributed by atoms with van der Waals surface area (Å²) in [6.07, 6.45) is 3.99. The van der Waals surface area contributed by atoms with Crippen LogP contribution < -0.4 is 20.1 Å². The highest BCUT2D eigenvalue weighted by molar-refractivity contribution is 8.30. The molecule has 160 valence electrons. The van der Waals surface area contributed by atoms with E-state index in [-0.39, 0.29) is 0 Å². The first-order valence-electron chi connectivity index (χ1n) is 10.3. The predicted octanol–water partition coefficient (Wildman–Crippen LogP) is 7.50. The van der Waals surface area contributed by atoms with Crippen molar-refractivity contribution in [1.29, 1.82) is 0 Å². The highest BCUT2D eigenvalue weighted by atomic mass is 32.1. The maximum absolute atomic E-state index is 14.2. The molecule has 0 saturated carbocycles. The van der Waals surface area contributed by atoms with Crippen molar-refractivity contribution in [2.24, 2.45) is 0 Å². The van der Waals surface area contributed by atoms with Crippen LogP contribution in [0.25, 0.3) is 0 Å². The summed E-state index contributed by atoms with van der Waals surface area (Å²) in [6, 6.07) is 30.6. The molecule has 1 atom stereocenters. The molecule has 3 nitrogen and oxygen atoms in total. The third-order valence-electron chi connectivity index (χ3n) is 5.01. The number of ether oxygens (including phenoxy) is 2. The minimum Gasteiger partial charge on any atom is -0.457 e. The zero-order chi connectivity index (χ0) is 22.6. The number of aryl methyl sites for hydroxylation is 2. The fraction of sp³-hybridized carbons (Fsp3) is 0.0741. The summed E-state index contributed by atoms with van der Waals surface area (Å²) in [7, 11) is 0.534. The van der Waals surface area contributed by atoms with Gasteiger partial charge in [-0.25, -0.2) is 0 Å². The van der Waals surface area contributed by atoms with Crippen molar-refractivity contribution in [2.75, 3.05) is 0 Å². The van der Waals surface area contributed by atoms with Gasteiger partial charge in [-0.2, -0.15) is 0 Å². The molecule has 0 bridgehead atoms. The Morgan fingerprint density at radius 3 is 1.88 bits per heavy atom. The molecule has 0 fully saturated rings. The van der Waals surface area contributed by atoms with Gasteiger partial charge in [0.2, 0.25) is 0 Å². The first kappa shape index (κ1) is 22.1. The second kappa shape index (κ2) is 9.57. The van der Waals surface area contributed by atoms with Gasteiger partial charge in [-0.05, 0) is 69.3 Å². The Morgan fingerprint density at radius 2 is 1.28 bits per heavy atom. The van der Waals surface area contributed by atoms with Crippen LogP contribution in [0.3, 0.4) is 0 Å².